The predicted octanol–water partition coefficient (Wildman–Crippen LogP) is 3.35. The second-order valence-corrected chi connectivity index (χ2v) is 7.26. The summed E-state index contributed by atoms with van der Waals surface area (Å²) >= 11 is 8.54. The van der Waals surface area contributed by atoms with Gasteiger partial charge in [0.2, 0.25) is 0 Å². The Morgan fingerprint density at radius 1 is 1.07 bits per heavy atom. The quantitative estimate of drug-likeness (QED) is 0.397. The summed E-state index contributed by atoms with van der Waals surface area (Å²) < 4.78 is 10.9. The molecule has 0 atom stereocenters. The Bertz CT molecular complexity index is 875. The van der Waals surface area contributed by atoms with Crippen LogP contribution in [-0.4, -0.2) is 44.3 Å². The number of nitrogens with one attached hydrogen (secondary N) is 3. The van der Waals surface area contributed by atoms with Crippen molar-refractivity contribution in [2.45, 2.75) is 6.42 Å². The Morgan fingerprint density at radius 3 is 2.45 bits per heavy atom. The SMILES string of the molecule is COCCCNC(=O)c1ccc(NC(=S)NC(=O)c2cc(Br)ccc2OC)cc1. The third kappa shape index (κ3) is 7.12. The van der Waals surface area contributed by atoms with Crippen LogP contribution in [-0.2, 0) is 4.74 Å². The van der Waals surface area contributed by atoms with E-state index in [-0.39, 0.29) is 11.0 Å². The standard InChI is InChI=1S/C20H22BrN3O4S/c1-27-11-3-10-22-18(25)13-4-7-15(8-5-13)23-20(29)24-19(26)16-12-14(21)6-9-17(16)28-2/h4-9,12H,3,10-11H2,1-2H3,(H,22,25)(H2,23,24,26,29). The van der Waals surface area contributed by atoms with Crippen LogP contribution >= 0.6 is 28.1 Å². The molecule has 9 heteroatoms. The highest BCUT2D eigenvalue weighted by atomic mass is 79.9. The van der Waals surface area contributed by atoms with Crippen LogP contribution in [0.15, 0.2) is 46.9 Å². The van der Waals surface area contributed by atoms with Gasteiger partial charge in [-0.15, -0.1) is 0 Å². The Hall–Kier alpha value is -2.49. The molecule has 0 saturated heterocycles. The van der Waals surface area contributed by atoms with E-state index < -0.39 is 5.91 Å². The topological polar surface area (TPSA) is 88.7 Å². The molecular weight excluding hydrogens is 458 g/mol. The number of carbonyl (C=O) groups excluding carboxylic acids is 2. The minimum absolute atomic E-state index is 0.133. The number of hydrogen-bond acceptors (Lipinski definition) is 5. The smallest absolute Gasteiger partial charge is 0.261 e. The van der Waals surface area contributed by atoms with E-state index >= 15 is 0 Å². The molecule has 0 unspecified atom stereocenters. The third-order valence-corrected chi connectivity index (χ3v) is 4.55. The summed E-state index contributed by atoms with van der Waals surface area (Å²) in [5.74, 6) is -0.118. The van der Waals surface area contributed by atoms with Crippen molar-refractivity contribution in [1.29, 1.82) is 0 Å². The number of thiocarbonyl (C=S) groups is 1. The molecule has 29 heavy (non-hydrogen) atoms. The van der Waals surface area contributed by atoms with Gasteiger partial charge in [0.25, 0.3) is 11.8 Å². The monoisotopic (exact) mass is 479 g/mol. The average Bonchev–Trinajstić information content (AvgIpc) is 2.71. The lowest BCUT2D eigenvalue weighted by atomic mass is 10.2. The summed E-state index contributed by atoms with van der Waals surface area (Å²) in [4.78, 5) is 24.5. The lowest BCUT2D eigenvalue weighted by molar-refractivity contribution is 0.0946. The maximum Gasteiger partial charge on any atom is 0.261 e. The van der Waals surface area contributed by atoms with Crippen molar-refractivity contribution in [3.63, 3.8) is 0 Å². The van der Waals surface area contributed by atoms with Gasteiger partial charge in [-0.25, -0.2) is 0 Å². The molecular formula is C20H22BrN3O4S. The van der Waals surface area contributed by atoms with Crippen molar-refractivity contribution in [2.24, 2.45) is 0 Å². The number of rotatable bonds is 8. The highest BCUT2D eigenvalue weighted by molar-refractivity contribution is 9.10. The molecule has 2 rings (SSSR count). The molecule has 154 valence electrons. The summed E-state index contributed by atoms with van der Waals surface area (Å²) in [6.07, 6.45) is 0.749. The van der Waals surface area contributed by atoms with E-state index in [9.17, 15) is 9.59 Å². The van der Waals surface area contributed by atoms with E-state index in [0.717, 1.165) is 10.9 Å². The van der Waals surface area contributed by atoms with Gasteiger partial charge in [0.15, 0.2) is 5.11 Å². The summed E-state index contributed by atoms with van der Waals surface area (Å²) in [5.41, 5.74) is 1.53. The maximum absolute atomic E-state index is 12.5. The molecule has 0 aromatic heterocycles. The third-order valence-electron chi connectivity index (χ3n) is 3.85. The van der Waals surface area contributed by atoms with Gasteiger partial charge in [0, 0.05) is 36.0 Å². The number of methoxy groups -OCH3 is 2. The van der Waals surface area contributed by atoms with Crippen molar-refractivity contribution < 1.29 is 19.1 Å². The molecule has 0 aliphatic rings. The summed E-state index contributed by atoms with van der Waals surface area (Å²) in [6.45, 7) is 1.14. The Labute approximate surface area is 183 Å². The van der Waals surface area contributed by atoms with Gasteiger partial charge in [-0.1, -0.05) is 15.9 Å². The zero-order valence-electron chi connectivity index (χ0n) is 16.1. The molecule has 7 nitrogen and oxygen atoms in total. The number of ether oxygens (including phenoxy) is 2. The Kier molecular flexibility index (Phi) is 9.04. The molecule has 0 radical (unpaired) electrons. The van der Waals surface area contributed by atoms with Crippen LogP contribution in [0.4, 0.5) is 5.69 Å². The van der Waals surface area contributed by atoms with Crippen LogP contribution in [0.25, 0.3) is 0 Å². The second-order valence-electron chi connectivity index (χ2n) is 5.93. The van der Waals surface area contributed by atoms with Crippen LogP contribution in [0.3, 0.4) is 0 Å². The van der Waals surface area contributed by atoms with Crippen LogP contribution in [0, 0.1) is 0 Å². The van der Waals surface area contributed by atoms with Crippen LogP contribution in [0.2, 0.25) is 0 Å². The summed E-state index contributed by atoms with van der Waals surface area (Å²) in [7, 11) is 3.11. The van der Waals surface area contributed by atoms with Crippen LogP contribution in [0.5, 0.6) is 5.75 Å². The van der Waals surface area contributed by atoms with E-state index in [0.29, 0.717) is 35.7 Å². The van der Waals surface area contributed by atoms with Crippen molar-refractivity contribution >= 4 is 50.8 Å². The molecule has 2 aromatic rings. The van der Waals surface area contributed by atoms with E-state index in [1.54, 1.807) is 49.6 Å². The van der Waals surface area contributed by atoms with Crippen LogP contribution < -0.4 is 20.7 Å². The molecule has 2 aromatic carbocycles. The number of carbonyl (C=O) groups is 2. The number of hydrogen-bond donors (Lipinski definition) is 3. The minimum atomic E-state index is -0.396. The van der Waals surface area contributed by atoms with Crippen molar-refractivity contribution in [2.75, 3.05) is 32.7 Å². The number of benzene rings is 2. The Morgan fingerprint density at radius 2 is 1.79 bits per heavy atom. The Balaban J connectivity index is 1.91. The van der Waals surface area contributed by atoms with Crippen molar-refractivity contribution in [1.82, 2.24) is 10.6 Å². The van der Waals surface area contributed by atoms with Crippen LogP contribution in [0.1, 0.15) is 27.1 Å². The number of anilines is 1. The summed E-state index contributed by atoms with van der Waals surface area (Å²) in [6, 6.07) is 11.9. The molecule has 0 fully saturated rings. The van der Waals surface area contributed by atoms with E-state index in [1.807, 2.05) is 0 Å². The van der Waals surface area contributed by atoms with Gasteiger partial charge in [-0.2, -0.15) is 0 Å². The molecule has 3 N–H and O–H groups in total. The molecule has 0 saturated carbocycles. The lowest BCUT2D eigenvalue weighted by Gasteiger charge is -2.12. The second kappa shape index (κ2) is 11.5. The van der Waals surface area contributed by atoms with Gasteiger partial charge in [-0.3, -0.25) is 14.9 Å². The fraction of sp³-hybridized carbons (Fsp3) is 0.250. The fourth-order valence-electron chi connectivity index (χ4n) is 2.42. The van der Waals surface area contributed by atoms with Gasteiger partial charge in [0.1, 0.15) is 5.75 Å². The highest BCUT2D eigenvalue weighted by Crippen LogP contribution is 2.22. The first-order valence-electron chi connectivity index (χ1n) is 8.77. The molecule has 0 aliphatic carbocycles. The molecule has 0 bridgehead atoms. The fourth-order valence-corrected chi connectivity index (χ4v) is 2.99. The largest absolute Gasteiger partial charge is 0.496 e. The van der Waals surface area contributed by atoms with E-state index in [4.69, 9.17) is 21.7 Å². The van der Waals surface area contributed by atoms with Crippen molar-refractivity contribution in [3.05, 3.63) is 58.1 Å². The molecule has 0 heterocycles. The highest BCUT2D eigenvalue weighted by Gasteiger charge is 2.14. The zero-order valence-corrected chi connectivity index (χ0v) is 18.5. The first-order chi connectivity index (χ1) is 13.9. The van der Waals surface area contributed by atoms with Gasteiger partial charge in [-0.05, 0) is 61.1 Å². The van der Waals surface area contributed by atoms with Gasteiger partial charge in [0.05, 0.1) is 12.7 Å². The number of halogens is 1. The molecule has 0 spiro atoms. The normalized spacial score (nSPS) is 10.2. The first-order valence-corrected chi connectivity index (χ1v) is 9.97. The maximum atomic E-state index is 12.5. The molecule has 0 aliphatic heterocycles. The summed E-state index contributed by atoms with van der Waals surface area (Å²) in [5, 5.41) is 8.48. The minimum Gasteiger partial charge on any atom is -0.496 e. The molecule has 2 amide bonds. The van der Waals surface area contributed by atoms with Gasteiger partial charge >= 0.3 is 0 Å². The zero-order chi connectivity index (χ0) is 21.2. The van der Waals surface area contributed by atoms with E-state index in [1.165, 1.54) is 7.11 Å². The van der Waals surface area contributed by atoms with Crippen molar-refractivity contribution in [3.8, 4) is 5.75 Å². The lowest BCUT2D eigenvalue weighted by Crippen LogP contribution is -2.34. The van der Waals surface area contributed by atoms with E-state index in [2.05, 4.69) is 31.9 Å². The first kappa shape index (κ1) is 22.8. The number of amides is 2. The van der Waals surface area contributed by atoms with Gasteiger partial charge < -0.3 is 20.1 Å². The average molecular weight is 480 g/mol. The predicted molar refractivity (Wildman–Crippen MR) is 120 cm³/mol.